The molecule has 1 aliphatic carbocycles. The maximum absolute atomic E-state index is 13.2. The van der Waals surface area contributed by atoms with Gasteiger partial charge in [-0.3, -0.25) is 14.4 Å². The Balaban J connectivity index is 1.70. The topological polar surface area (TPSA) is 142 Å². The van der Waals surface area contributed by atoms with E-state index in [4.69, 9.17) is 5.73 Å². The zero-order valence-corrected chi connectivity index (χ0v) is 19.7. The Morgan fingerprint density at radius 1 is 1.06 bits per heavy atom. The Bertz CT molecular complexity index is 792. The smallest absolute Gasteiger partial charge is 0.240 e. The van der Waals surface area contributed by atoms with E-state index in [0.29, 0.717) is 12.3 Å². The predicted molar refractivity (Wildman–Crippen MR) is 120 cm³/mol. The second kappa shape index (κ2) is 10.9. The van der Waals surface area contributed by atoms with Gasteiger partial charge < -0.3 is 21.3 Å². The summed E-state index contributed by atoms with van der Waals surface area (Å²) in [5, 5.41) is 5.93. The van der Waals surface area contributed by atoms with Crippen molar-refractivity contribution < 1.29 is 22.8 Å². The van der Waals surface area contributed by atoms with Crippen LogP contribution in [0.3, 0.4) is 0 Å². The third-order valence-corrected chi connectivity index (χ3v) is 8.30. The Morgan fingerprint density at radius 2 is 1.72 bits per heavy atom. The first-order valence-corrected chi connectivity index (χ1v) is 13.6. The number of nitrogens with two attached hydrogens (primary N) is 1. The summed E-state index contributed by atoms with van der Waals surface area (Å²) in [4.78, 5) is 39.8. The molecule has 0 spiro atoms. The monoisotopic (exact) mass is 471 g/mol. The Morgan fingerprint density at radius 3 is 2.31 bits per heavy atom. The zero-order chi connectivity index (χ0) is 23.3. The number of carbonyl (C=O) groups excluding carboxylic acids is 3. The van der Waals surface area contributed by atoms with Gasteiger partial charge in [-0.25, -0.2) is 8.42 Å². The van der Waals surface area contributed by atoms with Crippen LogP contribution in [0.25, 0.3) is 0 Å². The van der Waals surface area contributed by atoms with Crippen LogP contribution in [-0.4, -0.2) is 86.4 Å². The van der Waals surface area contributed by atoms with Crippen molar-refractivity contribution in [3.63, 3.8) is 0 Å². The lowest BCUT2D eigenvalue weighted by molar-refractivity contribution is -0.141. The molecule has 2 saturated heterocycles. The molecule has 182 valence electrons. The molecule has 2 atom stereocenters. The van der Waals surface area contributed by atoms with E-state index in [0.717, 1.165) is 62.2 Å². The highest BCUT2D eigenvalue weighted by Gasteiger charge is 2.41. The number of hydrogen-bond acceptors (Lipinski definition) is 6. The first-order valence-electron chi connectivity index (χ1n) is 11.7. The molecule has 0 radical (unpaired) electrons. The van der Waals surface area contributed by atoms with E-state index in [1.165, 1.54) is 6.42 Å². The van der Waals surface area contributed by atoms with Crippen LogP contribution >= 0.6 is 0 Å². The first-order chi connectivity index (χ1) is 15.2. The maximum atomic E-state index is 13.2. The van der Waals surface area contributed by atoms with E-state index in [1.54, 1.807) is 4.90 Å². The average molecular weight is 472 g/mol. The Kier molecular flexibility index (Phi) is 8.51. The highest BCUT2D eigenvalue weighted by atomic mass is 32.2. The van der Waals surface area contributed by atoms with Crippen LogP contribution in [0.2, 0.25) is 0 Å². The summed E-state index contributed by atoms with van der Waals surface area (Å²) >= 11 is 0. The number of nitrogens with zero attached hydrogens (tertiary/aromatic N) is 2. The number of nitrogens with one attached hydrogen (secondary N) is 2. The largest absolute Gasteiger partial charge is 0.368 e. The molecule has 3 fully saturated rings. The van der Waals surface area contributed by atoms with Crippen molar-refractivity contribution in [3.8, 4) is 0 Å². The van der Waals surface area contributed by atoms with Gasteiger partial charge in [0.05, 0.1) is 6.26 Å². The quantitative estimate of drug-likeness (QED) is 0.453. The second-order valence-corrected chi connectivity index (χ2v) is 11.3. The highest BCUT2D eigenvalue weighted by Crippen LogP contribution is 2.27. The standard InChI is InChI=1S/C21H37N5O5S/c1-32(30,31)26-12-11-25(21(29)16-7-9-23-10-8-16)14-18(26)20(28)24-17(19(22)27)13-15-5-3-2-4-6-15/h15-18,23H,2-14H2,1H3,(H2,22,27)(H,24,28)/t17-,18-/m0/s1. The molecule has 32 heavy (non-hydrogen) atoms. The molecule has 4 N–H and O–H groups in total. The number of rotatable bonds is 7. The molecule has 10 nitrogen and oxygen atoms in total. The maximum Gasteiger partial charge on any atom is 0.240 e. The second-order valence-electron chi connectivity index (χ2n) is 9.40. The van der Waals surface area contributed by atoms with Crippen molar-refractivity contribution in [2.45, 2.75) is 63.5 Å². The number of carbonyl (C=O) groups is 3. The minimum Gasteiger partial charge on any atom is -0.368 e. The molecule has 3 amide bonds. The molecule has 0 aromatic carbocycles. The van der Waals surface area contributed by atoms with E-state index in [2.05, 4.69) is 10.6 Å². The van der Waals surface area contributed by atoms with Crippen LogP contribution in [-0.2, 0) is 24.4 Å². The van der Waals surface area contributed by atoms with Crippen molar-refractivity contribution in [2.24, 2.45) is 17.6 Å². The van der Waals surface area contributed by atoms with Crippen LogP contribution in [0, 0.1) is 11.8 Å². The number of piperidine rings is 1. The number of amides is 3. The summed E-state index contributed by atoms with van der Waals surface area (Å²) in [6, 6.07) is -1.92. The summed E-state index contributed by atoms with van der Waals surface area (Å²) in [6.45, 7) is 1.82. The molecule has 11 heteroatoms. The summed E-state index contributed by atoms with van der Waals surface area (Å²) in [5.41, 5.74) is 5.57. The molecular weight excluding hydrogens is 434 g/mol. The molecule has 2 heterocycles. The van der Waals surface area contributed by atoms with Crippen molar-refractivity contribution in [1.29, 1.82) is 0 Å². The zero-order valence-electron chi connectivity index (χ0n) is 18.9. The van der Waals surface area contributed by atoms with Crippen LogP contribution < -0.4 is 16.4 Å². The lowest BCUT2D eigenvalue weighted by Gasteiger charge is -2.41. The van der Waals surface area contributed by atoms with Crippen molar-refractivity contribution >= 4 is 27.7 Å². The first kappa shape index (κ1) is 24.9. The van der Waals surface area contributed by atoms with E-state index in [1.807, 2.05) is 0 Å². The minimum absolute atomic E-state index is 0.0173. The van der Waals surface area contributed by atoms with Crippen LogP contribution in [0.5, 0.6) is 0 Å². The van der Waals surface area contributed by atoms with Gasteiger partial charge in [-0.1, -0.05) is 32.1 Å². The van der Waals surface area contributed by atoms with Crippen molar-refractivity contribution in [3.05, 3.63) is 0 Å². The van der Waals surface area contributed by atoms with Gasteiger partial charge in [-0.2, -0.15) is 4.31 Å². The minimum atomic E-state index is -3.67. The van der Waals surface area contributed by atoms with Gasteiger partial charge in [-0.05, 0) is 38.3 Å². The highest BCUT2D eigenvalue weighted by molar-refractivity contribution is 7.88. The fraction of sp³-hybridized carbons (Fsp3) is 0.857. The van der Waals surface area contributed by atoms with Crippen LogP contribution in [0.1, 0.15) is 51.4 Å². The molecule has 0 aromatic rings. The van der Waals surface area contributed by atoms with E-state index >= 15 is 0 Å². The summed E-state index contributed by atoms with van der Waals surface area (Å²) in [5.74, 6) is -1.02. The van der Waals surface area contributed by atoms with E-state index in [9.17, 15) is 22.8 Å². The van der Waals surface area contributed by atoms with E-state index < -0.39 is 33.9 Å². The Hall–Kier alpha value is -1.72. The molecule has 3 aliphatic rings. The fourth-order valence-electron chi connectivity index (χ4n) is 5.17. The van der Waals surface area contributed by atoms with Crippen LogP contribution in [0.4, 0.5) is 0 Å². The van der Waals surface area contributed by atoms with E-state index in [-0.39, 0.29) is 31.5 Å². The summed E-state index contributed by atoms with van der Waals surface area (Å²) in [7, 11) is -3.67. The summed E-state index contributed by atoms with van der Waals surface area (Å²) in [6.07, 6.45) is 8.35. The predicted octanol–water partition coefficient (Wildman–Crippen LogP) is -0.601. The average Bonchev–Trinajstić information content (AvgIpc) is 2.78. The molecule has 0 bridgehead atoms. The molecule has 0 aromatic heterocycles. The molecule has 0 unspecified atom stereocenters. The van der Waals surface area contributed by atoms with Gasteiger partial charge in [-0.15, -0.1) is 0 Å². The van der Waals surface area contributed by atoms with Gasteiger partial charge in [0, 0.05) is 25.6 Å². The summed E-state index contributed by atoms with van der Waals surface area (Å²) < 4.78 is 25.8. The van der Waals surface area contributed by atoms with Crippen LogP contribution in [0.15, 0.2) is 0 Å². The SMILES string of the molecule is CS(=O)(=O)N1CCN(C(=O)C2CCNCC2)C[C@H]1C(=O)N[C@@H](CC1CCCCC1)C(N)=O. The fourth-order valence-corrected chi connectivity index (χ4v) is 6.21. The number of primary amides is 1. The molecule has 2 aliphatic heterocycles. The van der Waals surface area contributed by atoms with Gasteiger partial charge in [0.2, 0.25) is 27.7 Å². The van der Waals surface area contributed by atoms with Gasteiger partial charge >= 0.3 is 0 Å². The van der Waals surface area contributed by atoms with Gasteiger partial charge in [0.1, 0.15) is 12.1 Å². The van der Waals surface area contributed by atoms with Crippen molar-refractivity contribution in [1.82, 2.24) is 19.8 Å². The number of hydrogen-bond donors (Lipinski definition) is 3. The molecular formula is C21H37N5O5S. The number of sulfonamides is 1. The van der Waals surface area contributed by atoms with Gasteiger partial charge in [0.15, 0.2) is 0 Å². The third kappa shape index (κ3) is 6.41. The van der Waals surface area contributed by atoms with Crippen molar-refractivity contribution in [2.75, 3.05) is 39.0 Å². The lowest BCUT2D eigenvalue weighted by Crippen LogP contribution is -2.63. The molecule has 3 rings (SSSR count). The lowest BCUT2D eigenvalue weighted by atomic mass is 9.84. The normalized spacial score (nSPS) is 25.3. The number of piperazine rings is 1. The van der Waals surface area contributed by atoms with Gasteiger partial charge in [0.25, 0.3) is 0 Å². The molecule has 1 saturated carbocycles. The Labute approximate surface area is 190 Å². The third-order valence-electron chi connectivity index (χ3n) is 7.01.